The third-order valence-electron chi connectivity index (χ3n) is 2.41. The van der Waals surface area contributed by atoms with Gasteiger partial charge < -0.3 is 4.90 Å². The molecule has 2 rings (SSSR count). The molecule has 0 spiro atoms. The third kappa shape index (κ3) is 3.20. The lowest BCUT2D eigenvalue weighted by atomic mass is 10.3. The molecule has 0 atom stereocenters. The van der Waals surface area contributed by atoms with Gasteiger partial charge in [-0.05, 0) is 25.0 Å². The molecule has 0 bridgehead atoms. The van der Waals surface area contributed by atoms with Gasteiger partial charge in [-0.1, -0.05) is 18.2 Å². The van der Waals surface area contributed by atoms with Crippen LogP contribution >= 0.6 is 0 Å². The van der Waals surface area contributed by atoms with Gasteiger partial charge in [0.1, 0.15) is 0 Å². The Bertz CT molecular complexity index is 337. The van der Waals surface area contributed by atoms with Crippen LogP contribution in [-0.4, -0.2) is 18.0 Å². The Balaban J connectivity index is 1.84. The molecule has 3 heteroatoms. The molecule has 1 fully saturated rings. The summed E-state index contributed by atoms with van der Waals surface area (Å²) >= 11 is 0. The number of likely N-dealkylation sites (tertiary alicyclic amines) is 1. The van der Waals surface area contributed by atoms with Gasteiger partial charge in [0.15, 0.2) is 0 Å². The number of hydrogen-bond donors (Lipinski definition) is 0. The summed E-state index contributed by atoms with van der Waals surface area (Å²) in [5.74, 6) is 0. The highest BCUT2D eigenvalue weighted by atomic mass is 15.1. The maximum absolute atomic E-state index is 4.08. The van der Waals surface area contributed by atoms with Crippen molar-refractivity contribution in [3.8, 4) is 0 Å². The molecule has 0 unspecified atom stereocenters. The lowest BCUT2D eigenvalue weighted by Gasteiger charge is -2.08. The number of hydrogen-bond acceptors (Lipinski definition) is 3. The van der Waals surface area contributed by atoms with Crippen molar-refractivity contribution in [3.63, 3.8) is 0 Å². The van der Waals surface area contributed by atoms with Crippen molar-refractivity contribution in [1.82, 2.24) is 4.90 Å². The predicted molar refractivity (Wildman–Crippen MR) is 60.9 cm³/mol. The topological polar surface area (TPSA) is 28.0 Å². The van der Waals surface area contributed by atoms with E-state index < -0.39 is 0 Å². The SMILES string of the molecule is C(=C\N1CCCC1)/N=Nc1ccccc1. The van der Waals surface area contributed by atoms with Crippen LogP contribution in [0.2, 0.25) is 0 Å². The molecule has 1 aliphatic rings. The summed E-state index contributed by atoms with van der Waals surface area (Å²) in [7, 11) is 0. The van der Waals surface area contributed by atoms with E-state index in [1.807, 2.05) is 36.5 Å². The second kappa shape index (κ2) is 5.29. The first-order valence-electron chi connectivity index (χ1n) is 5.32. The van der Waals surface area contributed by atoms with Crippen LogP contribution in [0.1, 0.15) is 12.8 Å². The molecule has 1 aromatic rings. The van der Waals surface area contributed by atoms with E-state index in [1.54, 1.807) is 6.20 Å². The minimum atomic E-state index is 0.892. The second-order valence-electron chi connectivity index (χ2n) is 3.59. The number of nitrogens with zero attached hydrogens (tertiary/aromatic N) is 3. The first-order chi connectivity index (χ1) is 7.45. The smallest absolute Gasteiger partial charge is 0.0856 e. The van der Waals surface area contributed by atoms with Gasteiger partial charge in [-0.2, -0.15) is 10.2 Å². The molecule has 0 amide bonds. The largest absolute Gasteiger partial charge is 0.376 e. The zero-order valence-corrected chi connectivity index (χ0v) is 8.71. The van der Waals surface area contributed by atoms with Crippen molar-refractivity contribution < 1.29 is 0 Å². The van der Waals surface area contributed by atoms with Gasteiger partial charge in [0.25, 0.3) is 0 Å². The van der Waals surface area contributed by atoms with E-state index >= 15 is 0 Å². The first kappa shape index (κ1) is 9.90. The molecule has 15 heavy (non-hydrogen) atoms. The van der Waals surface area contributed by atoms with E-state index in [0.717, 1.165) is 18.8 Å². The van der Waals surface area contributed by atoms with Gasteiger partial charge in [-0.25, -0.2) is 0 Å². The average molecular weight is 201 g/mol. The van der Waals surface area contributed by atoms with E-state index in [1.165, 1.54) is 12.8 Å². The van der Waals surface area contributed by atoms with Gasteiger partial charge in [0.05, 0.1) is 11.9 Å². The monoisotopic (exact) mass is 201 g/mol. The Morgan fingerprint density at radius 2 is 1.80 bits per heavy atom. The number of benzene rings is 1. The zero-order valence-electron chi connectivity index (χ0n) is 8.71. The molecule has 3 nitrogen and oxygen atoms in total. The Labute approximate surface area is 90.1 Å². The van der Waals surface area contributed by atoms with Crippen molar-refractivity contribution in [2.75, 3.05) is 13.1 Å². The van der Waals surface area contributed by atoms with E-state index in [-0.39, 0.29) is 0 Å². The first-order valence-corrected chi connectivity index (χ1v) is 5.32. The summed E-state index contributed by atoms with van der Waals surface area (Å²) in [4.78, 5) is 2.27. The standard InChI is InChI=1S/C12H15N3/c1-2-6-12(7-3-1)14-13-8-11-15-9-4-5-10-15/h1-3,6-8,11H,4-5,9-10H2/b11-8+,14-13?. The van der Waals surface area contributed by atoms with E-state index in [0.29, 0.717) is 0 Å². The van der Waals surface area contributed by atoms with Crippen molar-refractivity contribution >= 4 is 5.69 Å². The molecular formula is C12H15N3. The molecule has 0 N–H and O–H groups in total. The fourth-order valence-corrected chi connectivity index (χ4v) is 1.61. The van der Waals surface area contributed by atoms with E-state index in [4.69, 9.17) is 0 Å². The molecule has 0 radical (unpaired) electrons. The highest BCUT2D eigenvalue weighted by molar-refractivity contribution is 5.34. The molecule has 1 saturated heterocycles. The fourth-order valence-electron chi connectivity index (χ4n) is 1.61. The Morgan fingerprint density at radius 3 is 2.53 bits per heavy atom. The minimum absolute atomic E-state index is 0.892. The third-order valence-corrected chi connectivity index (χ3v) is 2.41. The van der Waals surface area contributed by atoms with Crippen LogP contribution in [0.5, 0.6) is 0 Å². The van der Waals surface area contributed by atoms with Gasteiger partial charge in [0, 0.05) is 19.3 Å². The molecule has 1 aliphatic heterocycles. The lowest BCUT2D eigenvalue weighted by Crippen LogP contribution is -2.09. The Hall–Kier alpha value is -1.64. The average Bonchev–Trinajstić information content (AvgIpc) is 2.79. The van der Waals surface area contributed by atoms with Crippen LogP contribution in [0.15, 0.2) is 53.0 Å². The van der Waals surface area contributed by atoms with Crippen molar-refractivity contribution in [3.05, 3.63) is 42.7 Å². The second-order valence-corrected chi connectivity index (χ2v) is 3.59. The summed E-state index contributed by atoms with van der Waals surface area (Å²) in [5, 5.41) is 8.09. The van der Waals surface area contributed by atoms with Crippen LogP contribution in [0, 0.1) is 0 Å². The van der Waals surface area contributed by atoms with Crippen LogP contribution in [0.4, 0.5) is 5.69 Å². The molecule has 1 heterocycles. The highest BCUT2D eigenvalue weighted by Crippen LogP contribution is 2.11. The van der Waals surface area contributed by atoms with E-state index in [9.17, 15) is 0 Å². The minimum Gasteiger partial charge on any atom is -0.376 e. The maximum atomic E-state index is 4.08. The van der Waals surface area contributed by atoms with Crippen molar-refractivity contribution in [1.29, 1.82) is 0 Å². The predicted octanol–water partition coefficient (Wildman–Crippen LogP) is 3.34. The summed E-state index contributed by atoms with van der Waals surface area (Å²) in [6, 6.07) is 9.76. The van der Waals surface area contributed by atoms with Gasteiger partial charge >= 0.3 is 0 Å². The van der Waals surface area contributed by atoms with Gasteiger partial charge in [-0.3, -0.25) is 0 Å². The normalized spacial score (nSPS) is 16.9. The van der Waals surface area contributed by atoms with Gasteiger partial charge in [0.2, 0.25) is 0 Å². The number of azo groups is 1. The lowest BCUT2D eigenvalue weighted by molar-refractivity contribution is 0.467. The molecule has 1 aromatic carbocycles. The van der Waals surface area contributed by atoms with E-state index in [2.05, 4.69) is 15.1 Å². The molecule has 78 valence electrons. The Morgan fingerprint density at radius 1 is 1.07 bits per heavy atom. The quantitative estimate of drug-likeness (QED) is 0.689. The van der Waals surface area contributed by atoms with Crippen LogP contribution in [0.3, 0.4) is 0 Å². The summed E-state index contributed by atoms with van der Waals surface area (Å²) in [6.45, 7) is 2.30. The molecule has 0 aliphatic carbocycles. The van der Waals surface area contributed by atoms with Crippen molar-refractivity contribution in [2.45, 2.75) is 12.8 Å². The van der Waals surface area contributed by atoms with Gasteiger partial charge in [-0.15, -0.1) is 0 Å². The maximum Gasteiger partial charge on any atom is 0.0856 e. The highest BCUT2D eigenvalue weighted by Gasteiger charge is 2.05. The Kier molecular flexibility index (Phi) is 3.49. The number of rotatable bonds is 3. The van der Waals surface area contributed by atoms with Crippen LogP contribution < -0.4 is 0 Å². The van der Waals surface area contributed by atoms with Crippen LogP contribution in [-0.2, 0) is 0 Å². The molecule has 0 aromatic heterocycles. The molecule has 0 saturated carbocycles. The molecular weight excluding hydrogens is 186 g/mol. The van der Waals surface area contributed by atoms with Crippen molar-refractivity contribution in [2.24, 2.45) is 10.2 Å². The summed E-state index contributed by atoms with van der Waals surface area (Å²) < 4.78 is 0. The summed E-state index contributed by atoms with van der Waals surface area (Å²) in [6.07, 6.45) is 6.36. The van der Waals surface area contributed by atoms with Crippen LogP contribution in [0.25, 0.3) is 0 Å². The fraction of sp³-hybridized carbons (Fsp3) is 0.333. The zero-order chi connectivity index (χ0) is 10.3. The summed E-state index contributed by atoms with van der Waals surface area (Å²) in [5.41, 5.74) is 0.892.